The Morgan fingerprint density at radius 2 is 2.15 bits per heavy atom. The van der Waals surface area contributed by atoms with Crippen LogP contribution < -0.4 is 5.32 Å². The molecule has 0 aliphatic carbocycles. The molecule has 112 valence electrons. The zero-order valence-electron chi connectivity index (χ0n) is 11.1. The van der Waals surface area contributed by atoms with Gasteiger partial charge in [0.1, 0.15) is 5.82 Å². The lowest BCUT2D eigenvalue weighted by atomic mass is 9.90. The van der Waals surface area contributed by atoms with Crippen molar-refractivity contribution in [2.24, 2.45) is 5.92 Å². The maximum Gasteiger partial charge on any atom is 0.419 e. The van der Waals surface area contributed by atoms with E-state index in [-0.39, 0.29) is 11.5 Å². The average Bonchev–Trinajstić information content (AvgIpc) is 2.89. The highest BCUT2D eigenvalue weighted by molar-refractivity contribution is 5.31. The van der Waals surface area contributed by atoms with Gasteiger partial charge in [-0.05, 0) is 19.0 Å². The van der Waals surface area contributed by atoms with Crippen molar-refractivity contribution in [2.45, 2.75) is 25.6 Å². The topological polar surface area (TPSA) is 21.3 Å². The Labute approximate surface area is 115 Å². The zero-order valence-corrected chi connectivity index (χ0v) is 11.1. The summed E-state index contributed by atoms with van der Waals surface area (Å²) < 4.78 is 57.8. The molecular weight excluding hydrogens is 274 g/mol. The van der Waals surface area contributed by atoms with E-state index >= 15 is 0 Å². The Morgan fingerprint density at radius 1 is 1.40 bits per heavy atom. The molecule has 0 spiro atoms. The third kappa shape index (κ3) is 3.12. The van der Waals surface area contributed by atoms with E-state index in [0.29, 0.717) is 26.2 Å². The van der Waals surface area contributed by atoms with Crippen molar-refractivity contribution in [1.82, 2.24) is 5.32 Å². The van der Waals surface area contributed by atoms with Crippen molar-refractivity contribution in [2.75, 3.05) is 19.8 Å². The van der Waals surface area contributed by atoms with E-state index < -0.39 is 23.6 Å². The molecule has 2 atom stereocenters. The second-order valence-electron chi connectivity index (χ2n) is 4.87. The Kier molecular flexibility index (Phi) is 4.65. The fourth-order valence-corrected chi connectivity index (χ4v) is 2.58. The summed E-state index contributed by atoms with van der Waals surface area (Å²) in [7, 11) is 0. The predicted octanol–water partition coefficient (Wildman–Crippen LogP) is 3.53. The van der Waals surface area contributed by atoms with Crippen LogP contribution >= 0.6 is 0 Å². The van der Waals surface area contributed by atoms with Crippen molar-refractivity contribution >= 4 is 0 Å². The van der Waals surface area contributed by atoms with Crippen molar-refractivity contribution in [3.63, 3.8) is 0 Å². The summed E-state index contributed by atoms with van der Waals surface area (Å²) in [4.78, 5) is 0. The van der Waals surface area contributed by atoms with Gasteiger partial charge in [-0.3, -0.25) is 0 Å². The number of rotatable bonds is 4. The molecule has 1 saturated heterocycles. The van der Waals surface area contributed by atoms with Gasteiger partial charge in [0.25, 0.3) is 0 Å². The summed E-state index contributed by atoms with van der Waals surface area (Å²) in [5.74, 6) is -1.19. The van der Waals surface area contributed by atoms with Gasteiger partial charge in [0.15, 0.2) is 0 Å². The van der Waals surface area contributed by atoms with Gasteiger partial charge in [-0.1, -0.05) is 19.1 Å². The lowest BCUT2D eigenvalue weighted by Gasteiger charge is -2.25. The molecule has 0 amide bonds. The van der Waals surface area contributed by atoms with Crippen LogP contribution in [0.5, 0.6) is 0 Å². The highest BCUT2D eigenvalue weighted by Crippen LogP contribution is 2.36. The van der Waals surface area contributed by atoms with E-state index in [1.807, 2.05) is 6.92 Å². The van der Waals surface area contributed by atoms with Gasteiger partial charge in [-0.2, -0.15) is 13.2 Å². The Bertz CT molecular complexity index is 455. The lowest BCUT2D eigenvalue weighted by molar-refractivity contribution is -0.140. The van der Waals surface area contributed by atoms with Gasteiger partial charge in [-0.15, -0.1) is 0 Å². The molecule has 0 radical (unpaired) electrons. The number of benzene rings is 1. The average molecular weight is 291 g/mol. The first-order valence-corrected chi connectivity index (χ1v) is 6.62. The van der Waals surface area contributed by atoms with Gasteiger partial charge < -0.3 is 10.1 Å². The summed E-state index contributed by atoms with van der Waals surface area (Å²) in [6.07, 6.45) is -3.96. The van der Waals surface area contributed by atoms with Crippen LogP contribution in [-0.2, 0) is 10.9 Å². The maximum absolute atomic E-state index is 14.2. The third-order valence-corrected chi connectivity index (χ3v) is 3.53. The molecule has 6 heteroatoms. The summed E-state index contributed by atoms with van der Waals surface area (Å²) in [5, 5.41) is 3.07. The number of alkyl halides is 3. The van der Waals surface area contributed by atoms with Crippen LogP contribution in [0.1, 0.15) is 30.5 Å². The molecule has 1 aliphatic rings. The number of ether oxygens (including phenoxy) is 1. The van der Waals surface area contributed by atoms with Crippen LogP contribution in [0.2, 0.25) is 0 Å². The number of hydrogen-bond acceptors (Lipinski definition) is 2. The molecule has 1 fully saturated rings. The van der Waals surface area contributed by atoms with Crippen LogP contribution in [-0.4, -0.2) is 19.8 Å². The normalized spacial score (nSPS) is 21.1. The molecule has 1 aliphatic heterocycles. The SMILES string of the molecule is CCNC(c1cccc(C(F)(F)F)c1F)C1CCOC1. The van der Waals surface area contributed by atoms with E-state index in [0.717, 1.165) is 6.07 Å². The van der Waals surface area contributed by atoms with Crippen LogP contribution in [0.15, 0.2) is 18.2 Å². The minimum absolute atomic E-state index is 0.00654. The molecular formula is C14H17F4NO. The first-order valence-electron chi connectivity index (χ1n) is 6.62. The molecule has 1 N–H and O–H groups in total. The number of hydrogen-bond donors (Lipinski definition) is 1. The number of halogens is 4. The maximum atomic E-state index is 14.2. The standard InChI is InChI=1S/C14H17F4NO/c1-2-19-13(9-6-7-20-8-9)10-4-3-5-11(12(10)15)14(16,17)18/h3-5,9,13,19H,2,6-8H2,1H3. The van der Waals surface area contributed by atoms with Crippen molar-refractivity contribution in [3.8, 4) is 0 Å². The Morgan fingerprint density at radius 3 is 2.70 bits per heavy atom. The Hall–Kier alpha value is -1.14. The highest BCUT2D eigenvalue weighted by Gasteiger charge is 2.37. The second-order valence-corrected chi connectivity index (χ2v) is 4.87. The largest absolute Gasteiger partial charge is 0.419 e. The van der Waals surface area contributed by atoms with Crippen LogP contribution in [0, 0.1) is 11.7 Å². The highest BCUT2D eigenvalue weighted by atomic mass is 19.4. The van der Waals surface area contributed by atoms with Crippen molar-refractivity contribution < 1.29 is 22.3 Å². The van der Waals surface area contributed by atoms with E-state index in [1.54, 1.807) is 0 Å². The van der Waals surface area contributed by atoms with Crippen LogP contribution in [0.4, 0.5) is 17.6 Å². The summed E-state index contributed by atoms with van der Waals surface area (Å²) in [6.45, 7) is 3.39. The molecule has 2 unspecified atom stereocenters. The smallest absolute Gasteiger partial charge is 0.381 e. The molecule has 1 aromatic rings. The number of nitrogens with one attached hydrogen (secondary N) is 1. The fraction of sp³-hybridized carbons (Fsp3) is 0.571. The quantitative estimate of drug-likeness (QED) is 0.857. The molecule has 1 heterocycles. The van der Waals surface area contributed by atoms with Gasteiger partial charge in [0, 0.05) is 24.1 Å². The molecule has 0 aromatic heterocycles. The van der Waals surface area contributed by atoms with Crippen molar-refractivity contribution in [3.05, 3.63) is 35.1 Å². The first-order chi connectivity index (χ1) is 9.45. The van der Waals surface area contributed by atoms with E-state index in [1.165, 1.54) is 12.1 Å². The summed E-state index contributed by atoms with van der Waals surface area (Å²) in [6, 6.07) is 2.98. The summed E-state index contributed by atoms with van der Waals surface area (Å²) >= 11 is 0. The Balaban J connectivity index is 2.38. The predicted molar refractivity (Wildman–Crippen MR) is 66.7 cm³/mol. The molecule has 1 aromatic carbocycles. The van der Waals surface area contributed by atoms with Gasteiger partial charge in [-0.25, -0.2) is 4.39 Å². The minimum Gasteiger partial charge on any atom is -0.381 e. The van der Waals surface area contributed by atoms with Crippen LogP contribution in [0.3, 0.4) is 0 Å². The van der Waals surface area contributed by atoms with Gasteiger partial charge in [0.05, 0.1) is 12.2 Å². The minimum atomic E-state index is -4.68. The monoisotopic (exact) mass is 291 g/mol. The zero-order chi connectivity index (χ0) is 14.8. The van der Waals surface area contributed by atoms with Crippen LogP contribution in [0.25, 0.3) is 0 Å². The summed E-state index contributed by atoms with van der Waals surface area (Å²) in [5.41, 5.74) is -1.14. The van der Waals surface area contributed by atoms with Crippen molar-refractivity contribution in [1.29, 1.82) is 0 Å². The van der Waals surface area contributed by atoms with E-state index in [2.05, 4.69) is 5.32 Å². The first kappa shape index (κ1) is 15.3. The van der Waals surface area contributed by atoms with Gasteiger partial charge in [0.2, 0.25) is 0 Å². The molecule has 2 rings (SSSR count). The second kappa shape index (κ2) is 6.10. The molecule has 2 nitrogen and oxygen atoms in total. The molecule has 0 bridgehead atoms. The third-order valence-electron chi connectivity index (χ3n) is 3.53. The van der Waals surface area contributed by atoms with E-state index in [4.69, 9.17) is 4.74 Å². The van der Waals surface area contributed by atoms with Gasteiger partial charge >= 0.3 is 6.18 Å². The lowest BCUT2D eigenvalue weighted by Crippen LogP contribution is -2.30. The molecule has 20 heavy (non-hydrogen) atoms. The fourth-order valence-electron chi connectivity index (χ4n) is 2.58. The molecule has 0 saturated carbocycles. The van der Waals surface area contributed by atoms with E-state index in [9.17, 15) is 17.6 Å².